The second-order valence-electron chi connectivity index (χ2n) is 5.94. The van der Waals surface area contributed by atoms with Gasteiger partial charge < -0.3 is 0 Å². The lowest BCUT2D eigenvalue weighted by molar-refractivity contribution is 0.0693. The number of sulfonamides is 1. The van der Waals surface area contributed by atoms with E-state index in [2.05, 4.69) is 0 Å². The van der Waals surface area contributed by atoms with Gasteiger partial charge in [-0.25, -0.2) is 12.8 Å². The molecule has 0 fully saturated rings. The Hall–Kier alpha value is -2.58. The third-order valence-electron chi connectivity index (χ3n) is 4.30. The van der Waals surface area contributed by atoms with Gasteiger partial charge in [-0.1, -0.05) is 19.1 Å². The summed E-state index contributed by atoms with van der Waals surface area (Å²) in [6, 6.07) is 9.60. The fraction of sp³-hybridized carbons (Fsp3) is 0.222. The largest absolute Gasteiger partial charge is 0.277 e. The van der Waals surface area contributed by atoms with Crippen molar-refractivity contribution in [3.8, 4) is 0 Å². The summed E-state index contributed by atoms with van der Waals surface area (Å²) in [7, 11) is -2.56. The van der Waals surface area contributed by atoms with Crippen molar-refractivity contribution < 1.29 is 22.4 Å². The van der Waals surface area contributed by atoms with E-state index in [0.717, 1.165) is 4.90 Å². The van der Waals surface area contributed by atoms with Gasteiger partial charge in [0.05, 0.1) is 16.0 Å². The fourth-order valence-corrected chi connectivity index (χ4v) is 4.32. The number of hydrogen-bond donors (Lipinski definition) is 0. The van der Waals surface area contributed by atoms with Gasteiger partial charge in [0.2, 0.25) is 10.0 Å². The molecular weight excluding hydrogens is 359 g/mol. The zero-order chi connectivity index (χ0) is 19.1. The minimum Gasteiger partial charge on any atom is -0.277 e. The van der Waals surface area contributed by atoms with Crippen LogP contribution in [0.4, 0.5) is 4.39 Å². The van der Waals surface area contributed by atoms with Crippen molar-refractivity contribution in [1.29, 1.82) is 0 Å². The molecule has 1 aliphatic heterocycles. The fourth-order valence-electron chi connectivity index (χ4n) is 2.86. The second kappa shape index (κ2) is 6.62. The van der Waals surface area contributed by atoms with E-state index in [-0.39, 0.29) is 29.1 Å². The molecule has 8 heteroatoms. The molecule has 0 N–H and O–H groups in total. The topological polar surface area (TPSA) is 74.8 Å². The van der Waals surface area contributed by atoms with E-state index in [1.54, 1.807) is 13.0 Å². The van der Waals surface area contributed by atoms with Crippen LogP contribution in [0.5, 0.6) is 0 Å². The summed E-state index contributed by atoms with van der Waals surface area (Å²) in [4.78, 5) is 24.9. The number of carbonyl (C=O) groups is 2. The molecule has 0 unspecified atom stereocenters. The molecule has 0 aromatic heterocycles. The normalized spacial score (nSPS) is 14.2. The quantitative estimate of drug-likeness (QED) is 0.751. The first-order chi connectivity index (χ1) is 12.3. The average Bonchev–Trinajstić information content (AvgIpc) is 2.83. The van der Waals surface area contributed by atoms with Crippen LogP contribution in [-0.2, 0) is 16.6 Å². The zero-order valence-corrected chi connectivity index (χ0v) is 15.1. The summed E-state index contributed by atoms with van der Waals surface area (Å²) in [5.74, 6) is -1.43. The van der Waals surface area contributed by atoms with E-state index in [4.69, 9.17) is 0 Å². The lowest BCUT2D eigenvalue weighted by atomic mass is 10.1. The lowest BCUT2D eigenvalue weighted by Gasteiger charge is -2.21. The summed E-state index contributed by atoms with van der Waals surface area (Å²) in [6.07, 6.45) is 0. The van der Waals surface area contributed by atoms with Crippen LogP contribution in [-0.4, -0.2) is 43.0 Å². The highest BCUT2D eigenvalue weighted by Crippen LogP contribution is 2.26. The van der Waals surface area contributed by atoms with Crippen LogP contribution in [0, 0.1) is 5.82 Å². The van der Waals surface area contributed by atoms with Crippen LogP contribution < -0.4 is 0 Å². The minimum absolute atomic E-state index is 0.000454. The van der Waals surface area contributed by atoms with Crippen molar-refractivity contribution in [3.05, 3.63) is 65.0 Å². The first kappa shape index (κ1) is 18.2. The van der Waals surface area contributed by atoms with Gasteiger partial charge in [0.1, 0.15) is 5.82 Å². The molecule has 1 heterocycles. The van der Waals surface area contributed by atoms with Gasteiger partial charge in [0.15, 0.2) is 0 Å². The van der Waals surface area contributed by atoms with Crippen molar-refractivity contribution in [2.24, 2.45) is 0 Å². The molecule has 2 aromatic rings. The molecular formula is C18H17FN2O4S. The number of hydrogen-bond acceptors (Lipinski definition) is 4. The van der Waals surface area contributed by atoms with Crippen LogP contribution in [0.3, 0.4) is 0 Å². The Morgan fingerprint density at radius 2 is 1.73 bits per heavy atom. The third-order valence-corrected chi connectivity index (χ3v) is 6.22. The number of carbonyl (C=O) groups excluding carboxylic acids is 2. The molecule has 0 bridgehead atoms. The van der Waals surface area contributed by atoms with Crippen LogP contribution in [0.25, 0.3) is 0 Å². The summed E-state index contributed by atoms with van der Waals surface area (Å²) in [5, 5.41) is 0. The number of fused-ring (bicyclic) bond motifs is 1. The first-order valence-corrected chi connectivity index (χ1v) is 9.40. The highest BCUT2D eigenvalue weighted by molar-refractivity contribution is 7.89. The lowest BCUT2D eigenvalue weighted by Crippen LogP contribution is -2.30. The maximum absolute atomic E-state index is 13.4. The van der Waals surface area contributed by atoms with E-state index in [0.29, 0.717) is 5.56 Å². The predicted octanol–water partition coefficient (Wildman–Crippen LogP) is 2.26. The number of amides is 2. The summed E-state index contributed by atoms with van der Waals surface area (Å²) < 4.78 is 40.4. The molecule has 0 spiro atoms. The molecule has 26 heavy (non-hydrogen) atoms. The van der Waals surface area contributed by atoms with Gasteiger partial charge in [-0.05, 0) is 35.9 Å². The Balaban J connectivity index is 1.97. The maximum Gasteiger partial charge on any atom is 0.261 e. The number of rotatable bonds is 5. The van der Waals surface area contributed by atoms with Gasteiger partial charge >= 0.3 is 0 Å². The number of halogens is 1. The van der Waals surface area contributed by atoms with Gasteiger partial charge in [0.25, 0.3) is 11.8 Å². The minimum atomic E-state index is -3.91. The summed E-state index contributed by atoms with van der Waals surface area (Å²) in [5.41, 5.74) is 0.771. The monoisotopic (exact) mass is 376 g/mol. The Bertz CT molecular complexity index is 1000. The number of imide groups is 1. The van der Waals surface area contributed by atoms with Crippen LogP contribution in [0.2, 0.25) is 0 Å². The Morgan fingerprint density at radius 1 is 1.04 bits per heavy atom. The molecule has 136 valence electrons. The van der Waals surface area contributed by atoms with Crippen LogP contribution in [0.15, 0.2) is 47.4 Å². The molecule has 0 saturated heterocycles. The smallest absolute Gasteiger partial charge is 0.261 e. The zero-order valence-electron chi connectivity index (χ0n) is 14.3. The first-order valence-electron chi connectivity index (χ1n) is 7.96. The van der Waals surface area contributed by atoms with Gasteiger partial charge in [-0.2, -0.15) is 4.31 Å². The van der Waals surface area contributed by atoms with E-state index < -0.39 is 27.7 Å². The van der Waals surface area contributed by atoms with Gasteiger partial charge in [-0.15, -0.1) is 0 Å². The van der Waals surface area contributed by atoms with E-state index in [1.165, 1.54) is 47.8 Å². The van der Waals surface area contributed by atoms with E-state index >= 15 is 0 Å². The maximum atomic E-state index is 13.4. The van der Waals surface area contributed by atoms with E-state index in [1.807, 2.05) is 0 Å². The standard InChI is InChI=1S/C18H17FN2O4S/c1-3-21(11-12-5-4-6-13(19)9-12)26(24,25)14-7-8-15-16(10-14)18(23)20(2)17(15)22/h4-10H,3,11H2,1-2H3. The molecule has 0 aliphatic carbocycles. The van der Waals surface area contributed by atoms with Crippen molar-refractivity contribution in [2.45, 2.75) is 18.4 Å². The molecule has 6 nitrogen and oxygen atoms in total. The van der Waals surface area contributed by atoms with Crippen molar-refractivity contribution in [2.75, 3.05) is 13.6 Å². The van der Waals surface area contributed by atoms with E-state index in [9.17, 15) is 22.4 Å². The molecule has 0 saturated carbocycles. The molecule has 1 aliphatic rings. The SMILES string of the molecule is CCN(Cc1cccc(F)c1)S(=O)(=O)c1ccc2c(c1)C(=O)N(C)C2=O. The highest BCUT2D eigenvalue weighted by Gasteiger charge is 2.34. The molecule has 2 amide bonds. The van der Waals surface area contributed by atoms with Crippen molar-refractivity contribution >= 4 is 21.8 Å². The number of nitrogens with zero attached hydrogens (tertiary/aromatic N) is 2. The van der Waals surface area contributed by atoms with Crippen LogP contribution in [0.1, 0.15) is 33.2 Å². The van der Waals surface area contributed by atoms with Crippen molar-refractivity contribution in [3.63, 3.8) is 0 Å². The molecule has 0 radical (unpaired) electrons. The predicted molar refractivity (Wildman–Crippen MR) is 92.5 cm³/mol. The molecule has 2 aromatic carbocycles. The Labute approximate surface area is 150 Å². The van der Waals surface area contributed by atoms with Gasteiger partial charge in [0, 0.05) is 20.1 Å². The van der Waals surface area contributed by atoms with Crippen molar-refractivity contribution in [1.82, 2.24) is 9.21 Å². The number of benzene rings is 2. The average molecular weight is 376 g/mol. The Kier molecular flexibility index (Phi) is 4.64. The highest BCUT2D eigenvalue weighted by atomic mass is 32.2. The van der Waals surface area contributed by atoms with Crippen LogP contribution >= 0.6 is 0 Å². The summed E-state index contributed by atoms with van der Waals surface area (Å²) in [6.45, 7) is 1.84. The third kappa shape index (κ3) is 3.02. The van der Waals surface area contributed by atoms with Gasteiger partial charge in [-0.3, -0.25) is 14.5 Å². The summed E-state index contributed by atoms with van der Waals surface area (Å²) >= 11 is 0. The second-order valence-corrected chi connectivity index (χ2v) is 7.88. The molecule has 0 atom stereocenters. The molecule has 3 rings (SSSR count). The Morgan fingerprint density at radius 3 is 2.38 bits per heavy atom.